The third-order valence-electron chi connectivity index (χ3n) is 3.20. The van der Waals surface area contributed by atoms with Crippen LogP contribution in [0.25, 0.3) is 11.1 Å². The van der Waals surface area contributed by atoms with Gasteiger partial charge in [0.05, 0.1) is 4.90 Å². The third-order valence-corrected chi connectivity index (χ3v) is 4.31. The SMILES string of the molecule is CN(C)C(=N)Nc1ccccc1-c1cccc(S(C)(=O)=O)c1. The van der Waals surface area contributed by atoms with Crippen molar-refractivity contribution in [1.82, 2.24) is 4.90 Å². The number of guanidine groups is 1. The van der Waals surface area contributed by atoms with Gasteiger partial charge in [-0.05, 0) is 23.8 Å². The summed E-state index contributed by atoms with van der Waals surface area (Å²) in [5, 5.41) is 10.9. The Balaban J connectivity index is 2.48. The van der Waals surface area contributed by atoms with Gasteiger partial charge in [-0.2, -0.15) is 0 Å². The molecule has 2 N–H and O–H groups in total. The fourth-order valence-corrected chi connectivity index (χ4v) is 2.64. The van der Waals surface area contributed by atoms with Crippen LogP contribution in [0, 0.1) is 5.41 Å². The van der Waals surface area contributed by atoms with Gasteiger partial charge in [-0.15, -0.1) is 0 Å². The summed E-state index contributed by atoms with van der Waals surface area (Å²) >= 11 is 0. The fraction of sp³-hybridized carbons (Fsp3) is 0.188. The van der Waals surface area contributed by atoms with E-state index in [2.05, 4.69) is 5.32 Å². The molecule has 0 spiro atoms. The van der Waals surface area contributed by atoms with Gasteiger partial charge >= 0.3 is 0 Å². The monoisotopic (exact) mass is 317 g/mol. The molecule has 22 heavy (non-hydrogen) atoms. The molecule has 2 aromatic rings. The molecule has 0 amide bonds. The highest BCUT2D eigenvalue weighted by atomic mass is 32.2. The maximum atomic E-state index is 11.7. The van der Waals surface area contributed by atoms with Crippen LogP contribution in [0.4, 0.5) is 5.69 Å². The summed E-state index contributed by atoms with van der Waals surface area (Å²) in [5.41, 5.74) is 2.39. The summed E-state index contributed by atoms with van der Waals surface area (Å²) in [6.45, 7) is 0. The Morgan fingerprint density at radius 1 is 1.09 bits per heavy atom. The lowest BCUT2D eigenvalue weighted by Gasteiger charge is -2.18. The van der Waals surface area contributed by atoms with E-state index in [0.29, 0.717) is 0 Å². The largest absolute Gasteiger partial charge is 0.349 e. The van der Waals surface area contributed by atoms with Crippen LogP contribution in [0.1, 0.15) is 0 Å². The summed E-state index contributed by atoms with van der Waals surface area (Å²) in [4.78, 5) is 1.94. The maximum Gasteiger partial charge on any atom is 0.195 e. The van der Waals surface area contributed by atoms with Crippen molar-refractivity contribution in [3.05, 3.63) is 48.5 Å². The maximum absolute atomic E-state index is 11.7. The van der Waals surface area contributed by atoms with Crippen LogP contribution in [0.2, 0.25) is 0 Å². The van der Waals surface area contributed by atoms with Crippen molar-refractivity contribution < 1.29 is 8.42 Å². The summed E-state index contributed by atoms with van der Waals surface area (Å²) in [6.07, 6.45) is 1.19. The lowest BCUT2D eigenvalue weighted by molar-refractivity contribution is 0.602. The predicted octanol–water partition coefficient (Wildman–Crippen LogP) is 2.67. The number of nitrogens with one attached hydrogen (secondary N) is 2. The Morgan fingerprint density at radius 2 is 1.77 bits per heavy atom. The molecule has 116 valence electrons. The average molecular weight is 317 g/mol. The molecule has 0 atom stereocenters. The number of hydrogen-bond donors (Lipinski definition) is 2. The lowest BCUT2D eigenvalue weighted by atomic mass is 10.0. The van der Waals surface area contributed by atoms with E-state index in [0.717, 1.165) is 16.8 Å². The van der Waals surface area contributed by atoms with Gasteiger partial charge in [0.15, 0.2) is 15.8 Å². The van der Waals surface area contributed by atoms with E-state index in [4.69, 9.17) is 5.41 Å². The Morgan fingerprint density at radius 3 is 2.41 bits per heavy atom. The molecular weight excluding hydrogens is 298 g/mol. The van der Waals surface area contributed by atoms with E-state index in [9.17, 15) is 8.42 Å². The first-order valence-corrected chi connectivity index (χ1v) is 8.60. The Bertz CT molecular complexity index is 799. The molecule has 0 bridgehead atoms. The molecule has 2 aromatic carbocycles. The minimum atomic E-state index is -3.25. The van der Waals surface area contributed by atoms with Crippen LogP contribution in [0.15, 0.2) is 53.4 Å². The standard InChI is InChI=1S/C16H19N3O2S/c1-19(2)16(17)18-15-10-5-4-9-14(15)12-7-6-8-13(11-12)22(3,20)21/h4-11H,1-3H3,(H2,17,18). The van der Waals surface area contributed by atoms with Gasteiger partial charge in [0, 0.05) is 31.6 Å². The van der Waals surface area contributed by atoms with Gasteiger partial charge in [-0.3, -0.25) is 5.41 Å². The Kier molecular flexibility index (Phi) is 4.51. The highest BCUT2D eigenvalue weighted by molar-refractivity contribution is 7.90. The third kappa shape index (κ3) is 3.65. The van der Waals surface area contributed by atoms with Crippen LogP contribution in [0.3, 0.4) is 0 Å². The first kappa shape index (κ1) is 16.0. The van der Waals surface area contributed by atoms with Crippen LogP contribution in [-0.2, 0) is 9.84 Å². The zero-order chi connectivity index (χ0) is 16.3. The Hall–Kier alpha value is -2.34. The number of rotatable bonds is 3. The fourth-order valence-electron chi connectivity index (χ4n) is 1.98. The van der Waals surface area contributed by atoms with Gasteiger partial charge in [0.25, 0.3) is 0 Å². The molecular formula is C16H19N3O2S. The molecule has 0 heterocycles. The molecule has 6 heteroatoms. The van der Waals surface area contributed by atoms with E-state index in [-0.39, 0.29) is 10.9 Å². The van der Waals surface area contributed by atoms with Crippen LogP contribution >= 0.6 is 0 Å². The number of nitrogens with zero attached hydrogens (tertiary/aromatic N) is 1. The highest BCUT2D eigenvalue weighted by Gasteiger charge is 2.11. The first-order valence-electron chi connectivity index (χ1n) is 6.71. The van der Waals surface area contributed by atoms with Crippen molar-refractivity contribution in [1.29, 1.82) is 5.41 Å². The van der Waals surface area contributed by atoms with Crippen molar-refractivity contribution >= 4 is 21.5 Å². The number of sulfone groups is 1. The minimum absolute atomic E-state index is 0.256. The quantitative estimate of drug-likeness (QED) is 0.674. The van der Waals surface area contributed by atoms with Crippen molar-refractivity contribution in [2.75, 3.05) is 25.7 Å². The number of benzene rings is 2. The second-order valence-corrected chi connectivity index (χ2v) is 7.23. The molecule has 0 saturated carbocycles. The van der Waals surface area contributed by atoms with Gasteiger partial charge in [0.2, 0.25) is 0 Å². The van der Waals surface area contributed by atoms with Crippen molar-refractivity contribution in [2.45, 2.75) is 4.90 Å². The molecule has 0 aliphatic carbocycles. The summed E-state index contributed by atoms with van der Waals surface area (Å²) in [6, 6.07) is 14.3. The van der Waals surface area contributed by atoms with Crippen molar-refractivity contribution in [3.63, 3.8) is 0 Å². The van der Waals surface area contributed by atoms with Crippen molar-refractivity contribution in [2.24, 2.45) is 0 Å². The molecule has 2 rings (SSSR count). The molecule has 0 aliphatic heterocycles. The molecule has 0 saturated heterocycles. The average Bonchev–Trinajstić information content (AvgIpc) is 2.47. The number of hydrogen-bond acceptors (Lipinski definition) is 3. The van der Waals surface area contributed by atoms with Crippen LogP contribution in [0.5, 0.6) is 0 Å². The smallest absolute Gasteiger partial charge is 0.195 e. The van der Waals surface area contributed by atoms with Gasteiger partial charge in [-0.1, -0.05) is 30.3 Å². The second kappa shape index (κ2) is 6.19. The van der Waals surface area contributed by atoms with E-state index in [1.165, 1.54) is 6.26 Å². The molecule has 0 unspecified atom stereocenters. The summed E-state index contributed by atoms with van der Waals surface area (Å²) < 4.78 is 23.4. The van der Waals surface area contributed by atoms with Gasteiger partial charge in [-0.25, -0.2) is 8.42 Å². The summed E-state index contributed by atoms with van der Waals surface area (Å²) in [5.74, 6) is 0.256. The van der Waals surface area contributed by atoms with Gasteiger partial charge in [0.1, 0.15) is 0 Å². The number of anilines is 1. The van der Waals surface area contributed by atoms with E-state index in [1.54, 1.807) is 37.2 Å². The highest BCUT2D eigenvalue weighted by Crippen LogP contribution is 2.29. The molecule has 0 radical (unpaired) electrons. The van der Waals surface area contributed by atoms with E-state index < -0.39 is 9.84 Å². The minimum Gasteiger partial charge on any atom is -0.349 e. The molecule has 0 fully saturated rings. The van der Waals surface area contributed by atoms with E-state index >= 15 is 0 Å². The van der Waals surface area contributed by atoms with E-state index in [1.807, 2.05) is 30.3 Å². The Labute approximate surface area is 131 Å². The van der Waals surface area contributed by atoms with Gasteiger partial charge < -0.3 is 10.2 Å². The molecule has 0 aliphatic rings. The normalized spacial score (nSPS) is 11.0. The molecule has 5 nitrogen and oxygen atoms in total. The topological polar surface area (TPSA) is 73.3 Å². The zero-order valence-electron chi connectivity index (χ0n) is 12.8. The van der Waals surface area contributed by atoms with Crippen LogP contribution < -0.4 is 5.32 Å². The van der Waals surface area contributed by atoms with Crippen LogP contribution in [-0.4, -0.2) is 39.6 Å². The number of para-hydroxylation sites is 1. The summed E-state index contributed by atoms with van der Waals surface area (Å²) in [7, 11) is 0.306. The first-order chi connectivity index (χ1) is 10.3. The molecule has 0 aromatic heterocycles. The zero-order valence-corrected chi connectivity index (χ0v) is 13.6. The lowest BCUT2D eigenvalue weighted by Crippen LogP contribution is -2.28. The predicted molar refractivity (Wildman–Crippen MR) is 90.0 cm³/mol. The van der Waals surface area contributed by atoms with Crippen molar-refractivity contribution in [3.8, 4) is 11.1 Å². The second-order valence-electron chi connectivity index (χ2n) is 5.21.